The van der Waals surface area contributed by atoms with Crippen LogP contribution in [0.1, 0.15) is 20.3 Å². The number of benzene rings is 1. The molecule has 1 atom stereocenters. The first-order valence-electron chi connectivity index (χ1n) is 6.46. The van der Waals surface area contributed by atoms with Crippen molar-refractivity contribution in [1.29, 1.82) is 0 Å². The van der Waals surface area contributed by atoms with Gasteiger partial charge in [-0.25, -0.2) is 4.79 Å². The molecule has 0 aromatic heterocycles. The monoisotopic (exact) mass is 315 g/mol. The van der Waals surface area contributed by atoms with Gasteiger partial charge in [-0.15, -0.1) is 0 Å². The Morgan fingerprint density at radius 3 is 2.71 bits per heavy atom. The van der Waals surface area contributed by atoms with E-state index in [1.54, 1.807) is 0 Å². The molecule has 0 aliphatic heterocycles. The van der Waals surface area contributed by atoms with Crippen LogP contribution in [-0.2, 0) is 0 Å². The van der Waals surface area contributed by atoms with Crippen LogP contribution in [0.25, 0.3) is 0 Å². The molecule has 1 unspecified atom stereocenters. The molecule has 0 fully saturated rings. The average Bonchev–Trinajstić information content (AvgIpc) is 2.37. The molecular weight excluding hydrogens is 298 g/mol. The van der Waals surface area contributed by atoms with Crippen LogP contribution in [0.5, 0.6) is 0 Å². The molecule has 0 radical (unpaired) electrons. The average molecular weight is 316 g/mol. The fourth-order valence-electron chi connectivity index (χ4n) is 1.74. The number of hydrogen-bond acceptors (Lipinski definition) is 4. The summed E-state index contributed by atoms with van der Waals surface area (Å²) in [4.78, 5) is 21.7. The number of urea groups is 1. The highest BCUT2D eigenvalue weighted by atomic mass is 35.5. The Kier molecular flexibility index (Phi) is 6.39. The van der Waals surface area contributed by atoms with E-state index in [0.717, 1.165) is 0 Å². The maximum absolute atomic E-state index is 11.6. The fraction of sp³-hybridized carbons (Fsp3) is 0.462. The second-order valence-electron chi connectivity index (χ2n) is 5.04. The van der Waals surface area contributed by atoms with Crippen LogP contribution in [0.4, 0.5) is 16.2 Å². The highest BCUT2D eigenvalue weighted by Gasteiger charge is 2.14. The molecule has 0 bridgehead atoms. The first-order chi connectivity index (χ1) is 9.79. The van der Waals surface area contributed by atoms with Crippen LogP contribution >= 0.6 is 11.6 Å². The van der Waals surface area contributed by atoms with Crippen molar-refractivity contribution in [3.05, 3.63) is 33.3 Å². The van der Waals surface area contributed by atoms with Crippen molar-refractivity contribution in [3.63, 3.8) is 0 Å². The van der Waals surface area contributed by atoms with Gasteiger partial charge < -0.3 is 15.7 Å². The second kappa shape index (κ2) is 7.80. The molecule has 1 rings (SSSR count). The van der Waals surface area contributed by atoms with Crippen LogP contribution in [0.2, 0.25) is 5.02 Å². The Morgan fingerprint density at radius 1 is 1.48 bits per heavy atom. The van der Waals surface area contributed by atoms with Crippen molar-refractivity contribution < 1.29 is 14.8 Å². The number of nitrogens with zero attached hydrogens (tertiary/aromatic N) is 1. The largest absolute Gasteiger partial charge is 0.391 e. The number of anilines is 1. The SMILES string of the molecule is CC(C)CC(O)CNC(=O)Nc1ccc(Cl)c([N+](=O)[O-])c1. The Balaban J connectivity index is 2.55. The third kappa shape index (κ3) is 5.97. The van der Waals surface area contributed by atoms with Gasteiger partial charge in [0, 0.05) is 18.3 Å². The molecule has 3 N–H and O–H groups in total. The number of nitro benzene ring substituents is 1. The van der Waals surface area contributed by atoms with Crippen molar-refractivity contribution >= 4 is 29.0 Å². The molecule has 2 amide bonds. The summed E-state index contributed by atoms with van der Waals surface area (Å²) in [7, 11) is 0. The summed E-state index contributed by atoms with van der Waals surface area (Å²) in [6.07, 6.45) is -0.0533. The van der Waals surface area contributed by atoms with Crippen molar-refractivity contribution in [2.75, 3.05) is 11.9 Å². The van der Waals surface area contributed by atoms with Gasteiger partial charge in [-0.1, -0.05) is 25.4 Å². The lowest BCUT2D eigenvalue weighted by Gasteiger charge is -2.14. The van der Waals surface area contributed by atoms with Crippen molar-refractivity contribution in [3.8, 4) is 0 Å². The Bertz CT molecular complexity index is 522. The normalized spacial score (nSPS) is 12.0. The lowest BCUT2D eigenvalue weighted by Crippen LogP contribution is -2.35. The molecule has 0 aliphatic rings. The summed E-state index contributed by atoms with van der Waals surface area (Å²) in [5, 5.41) is 25.3. The van der Waals surface area contributed by atoms with Gasteiger partial charge >= 0.3 is 6.03 Å². The first-order valence-corrected chi connectivity index (χ1v) is 6.84. The topological polar surface area (TPSA) is 104 Å². The van der Waals surface area contributed by atoms with Gasteiger partial charge in [-0.2, -0.15) is 0 Å². The molecular formula is C13H18ClN3O4. The number of nitro groups is 1. The number of hydrogen-bond donors (Lipinski definition) is 3. The number of carbonyl (C=O) groups is 1. The zero-order valence-electron chi connectivity index (χ0n) is 11.8. The minimum absolute atomic E-state index is 0.00156. The number of aliphatic hydroxyl groups is 1. The van der Waals surface area contributed by atoms with Crippen LogP contribution in [0.3, 0.4) is 0 Å². The van der Waals surface area contributed by atoms with Gasteiger partial charge in [0.2, 0.25) is 0 Å². The predicted molar refractivity (Wildman–Crippen MR) is 80.6 cm³/mol. The standard InChI is InChI=1S/C13H18ClN3O4/c1-8(2)5-10(18)7-15-13(19)16-9-3-4-11(14)12(6-9)17(20)21/h3-4,6,8,10,18H,5,7H2,1-2H3,(H2,15,16,19). The smallest absolute Gasteiger partial charge is 0.319 e. The quantitative estimate of drug-likeness (QED) is 0.554. The van der Waals surface area contributed by atoms with Crippen LogP contribution in [0, 0.1) is 16.0 Å². The number of amides is 2. The molecule has 116 valence electrons. The third-order valence-corrected chi connectivity index (χ3v) is 2.96. The van der Waals surface area contributed by atoms with Crippen molar-refractivity contribution in [1.82, 2.24) is 5.32 Å². The summed E-state index contributed by atoms with van der Waals surface area (Å²) in [5.41, 5.74) is -0.0312. The van der Waals surface area contributed by atoms with Gasteiger partial charge in [-0.3, -0.25) is 10.1 Å². The van der Waals surface area contributed by atoms with Crippen LogP contribution < -0.4 is 10.6 Å². The van der Waals surface area contributed by atoms with Gasteiger partial charge in [0.15, 0.2) is 0 Å². The van der Waals surface area contributed by atoms with Crippen molar-refractivity contribution in [2.45, 2.75) is 26.4 Å². The maximum atomic E-state index is 11.6. The van der Waals surface area contributed by atoms with Crippen LogP contribution in [0.15, 0.2) is 18.2 Å². The zero-order valence-corrected chi connectivity index (χ0v) is 12.6. The minimum atomic E-state index is -0.629. The highest BCUT2D eigenvalue weighted by Crippen LogP contribution is 2.27. The second-order valence-corrected chi connectivity index (χ2v) is 5.45. The van der Waals surface area contributed by atoms with E-state index in [0.29, 0.717) is 12.3 Å². The van der Waals surface area contributed by atoms with E-state index in [2.05, 4.69) is 10.6 Å². The van der Waals surface area contributed by atoms with Gasteiger partial charge in [0.1, 0.15) is 5.02 Å². The van der Waals surface area contributed by atoms with E-state index in [1.165, 1.54) is 18.2 Å². The van der Waals surface area contributed by atoms with E-state index in [4.69, 9.17) is 11.6 Å². The Labute approximate surface area is 127 Å². The molecule has 21 heavy (non-hydrogen) atoms. The minimum Gasteiger partial charge on any atom is -0.391 e. The summed E-state index contributed by atoms with van der Waals surface area (Å²) >= 11 is 5.68. The van der Waals surface area contributed by atoms with E-state index in [9.17, 15) is 20.0 Å². The van der Waals surface area contributed by atoms with Gasteiger partial charge in [0.25, 0.3) is 5.69 Å². The molecule has 8 heteroatoms. The third-order valence-electron chi connectivity index (χ3n) is 2.64. The maximum Gasteiger partial charge on any atom is 0.319 e. The highest BCUT2D eigenvalue weighted by molar-refractivity contribution is 6.32. The van der Waals surface area contributed by atoms with E-state index < -0.39 is 17.1 Å². The molecule has 7 nitrogen and oxygen atoms in total. The summed E-state index contributed by atoms with van der Waals surface area (Å²) in [6, 6.07) is 3.42. The van der Waals surface area contributed by atoms with E-state index in [1.807, 2.05) is 13.8 Å². The summed E-state index contributed by atoms with van der Waals surface area (Å²) in [5.74, 6) is 0.323. The molecule has 0 saturated heterocycles. The first kappa shape index (κ1) is 17.2. The number of aliphatic hydroxyl groups excluding tert-OH is 1. The summed E-state index contributed by atoms with van der Waals surface area (Å²) < 4.78 is 0. The molecule has 1 aromatic carbocycles. The van der Waals surface area contributed by atoms with E-state index in [-0.39, 0.29) is 22.9 Å². The zero-order chi connectivity index (χ0) is 16.0. The number of rotatable bonds is 6. The molecule has 0 aliphatic carbocycles. The van der Waals surface area contributed by atoms with Gasteiger partial charge in [-0.05, 0) is 24.5 Å². The molecule has 1 aromatic rings. The van der Waals surface area contributed by atoms with Crippen LogP contribution in [-0.4, -0.2) is 28.7 Å². The van der Waals surface area contributed by atoms with Gasteiger partial charge in [0.05, 0.1) is 11.0 Å². The molecule has 0 heterocycles. The predicted octanol–water partition coefficient (Wildman–Crippen LogP) is 2.78. The molecule has 0 saturated carbocycles. The lowest BCUT2D eigenvalue weighted by molar-refractivity contribution is -0.384. The number of nitrogens with one attached hydrogen (secondary N) is 2. The van der Waals surface area contributed by atoms with Crippen molar-refractivity contribution in [2.24, 2.45) is 5.92 Å². The lowest BCUT2D eigenvalue weighted by atomic mass is 10.1. The summed E-state index contributed by atoms with van der Waals surface area (Å²) in [6.45, 7) is 4.05. The number of carbonyl (C=O) groups excluding carboxylic acids is 1. The number of halogens is 1. The Morgan fingerprint density at radius 2 is 2.14 bits per heavy atom. The van der Waals surface area contributed by atoms with E-state index >= 15 is 0 Å². The molecule has 0 spiro atoms. The fourth-order valence-corrected chi connectivity index (χ4v) is 1.93. The Hall–Kier alpha value is -1.86.